The zero-order valence-electron chi connectivity index (χ0n) is 6.28. The van der Waals surface area contributed by atoms with E-state index in [1.165, 1.54) is 0 Å². The molecule has 0 aliphatic heterocycles. The molecule has 11 heavy (non-hydrogen) atoms. The molecule has 58 valence electrons. The molecule has 1 aromatic carbocycles. The molecule has 0 atom stereocenters. The third kappa shape index (κ3) is 2.16. The van der Waals surface area contributed by atoms with E-state index in [0.29, 0.717) is 5.75 Å². The van der Waals surface area contributed by atoms with Gasteiger partial charge in [-0.1, -0.05) is 6.07 Å². The van der Waals surface area contributed by atoms with Crippen LogP contribution in [-0.2, 0) is 0 Å². The normalized spacial score (nSPS) is 8.91. The fourth-order valence-electron chi connectivity index (χ4n) is 0.766. The zero-order valence-corrected chi connectivity index (χ0v) is 6.28. The maximum atomic E-state index is 8.42. The van der Waals surface area contributed by atoms with Crippen molar-refractivity contribution >= 4 is 7.69 Å². The van der Waals surface area contributed by atoms with E-state index < -0.39 is 0 Å². The van der Waals surface area contributed by atoms with Crippen LogP contribution in [0.15, 0.2) is 24.3 Å². The Morgan fingerprint density at radius 1 is 1.36 bits per heavy atom. The van der Waals surface area contributed by atoms with Crippen molar-refractivity contribution in [3.05, 3.63) is 24.3 Å². The van der Waals surface area contributed by atoms with Crippen LogP contribution in [-0.4, -0.2) is 19.8 Å². The molecule has 3 nitrogen and oxygen atoms in total. The first-order valence-corrected chi connectivity index (χ1v) is 3.24. The summed E-state index contributed by atoms with van der Waals surface area (Å²) in [7, 11) is 1.27. The minimum atomic E-state index is -0.312. The number of hydrogen-bond acceptors (Lipinski definition) is 3. The number of ether oxygens (including phenoxy) is 1. The third-order valence-electron chi connectivity index (χ3n) is 1.27. The summed E-state index contributed by atoms with van der Waals surface area (Å²) in [6.07, 6.45) is 0. The quantitative estimate of drug-likeness (QED) is 0.634. The summed E-state index contributed by atoms with van der Waals surface area (Å²) in [5.74, 6) is 1.32. The Morgan fingerprint density at radius 3 is 2.73 bits per heavy atom. The topological polar surface area (TPSA) is 38.7 Å². The summed E-state index contributed by atoms with van der Waals surface area (Å²) in [6.45, 7) is 0. The van der Waals surface area contributed by atoms with Crippen LogP contribution in [0.5, 0.6) is 11.5 Å². The molecule has 1 rings (SSSR count). The first kappa shape index (κ1) is 7.95. The van der Waals surface area contributed by atoms with E-state index in [1.54, 1.807) is 25.3 Å². The highest BCUT2D eigenvalue weighted by Crippen LogP contribution is 2.17. The van der Waals surface area contributed by atoms with Crippen molar-refractivity contribution in [2.24, 2.45) is 0 Å². The molecule has 0 aromatic heterocycles. The number of benzene rings is 1. The van der Waals surface area contributed by atoms with Gasteiger partial charge in [-0.25, -0.2) is 0 Å². The van der Waals surface area contributed by atoms with Gasteiger partial charge in [0.15, 0.2) is 0 Å². The van der Waals surface area contributed by atoms with Crippen LogP contribution in [0, 0.1) is 0 Å². The minimum absolute atomic E-state index is 0.312. The first-order valence-electron chi connectivity index (χ1n) is 3.24. The van der Waals surface area contributed by atoms with Crippen LogP contribution in [0.2, 0.25) is 0 Å². The standard InChI is InChI=1S/C7H9BO3/c1-10-6-3-2-4-7(5-6)11-8-9/h2-5,8-9H,1H3. The van der Waals surface area contributed by atoms with E-state index in [1.807, 2.05) is 6.07 Å². The van der Waals surface area contributed by atoms with Gasteiger partial charge in [0.1, 0.15) is 11.5 Å². The summed E-state index contributed by atoms with van der Waals surface area (Å²) in [5, 5.41) is 8.42. The Hall–Kier alpha value is -1.16. The molecule has 0 aliphatic rings. The van der Waals surface area contributed by atoms with Gasteiger partial charge in [-0.2, -0.15) is 0 Å². The van der Waals surface area contributed by atoms with E-state index >= 15 is 0 Å². The molecule has 1 N–H and O–H groups in total. The van der Waals surface area contributed by atoms with Gasteiger partial charge in [0.2, 0.25) is 0 Å². The lowest BCUT2D eigenvalue weighted by atomic mass is 10.3. The van der Waals surface area contributed by atoms with Gasteiger partial charge in [0.05, 0.1) is 7.11 Å². The lowest BCUT2D eigenvalue weighted by molar-refractivity contribution is 0.409. The summed E-state index contributed by atoms with van der Waals surface area (Å²) in [4.78, 5) is 0. The molecule has 0 aliphatic carbocycles. The molecule has 0 radical (unpaired) electrons. The SMILES string of the molecule is COc1cccc(OBO)c1. The maximum Gasteiger partial charge on any atom is 0.504 e. The summed E-state index contributed by atoms with van der Waals surface area (Å²) in [5.41, 5.74) is 0. The number of hydrogen-bond donors (Lipinski definition) is 1. The van der Waals surface area contributed by atoms with E-state index in [9.17, 15) is 0 Å². The Morgan fingerprint density at radius 2 is 2.09 bits per heavy atom. The Kier molecular flexibility index (Phi) is 2.80. The molecule has 0 saturated heterocycles. The molecule has 0 heterocycles. The molecule has 0 amide bonds. The van der Waals surface area contributed by atoms with E-state index in [0.717, 1.165) is 5.75 Å². The predicted molar refractivity (Wildman–Crippen MR) is 43.0 cm³/mol. The van der Waals surface area contributed by atoms with Gasteiger partial charge >= 0.3 is 7.69 Å². The van der Waals surface area contributed by atoms with Gasteiger partial charge in [-0.05, 0) is 12.1 Å². The van der Waals surface area contributed by atoms with Crippen molar-refractivity contribution in [1.29, 1.82) is 0 Å². The van der Waals surface area contributed by atoms with Crippen LogP contribution in [0.4, 0.5) is 0 Å². The molecular formula is C7H9BO3. The molecular weight excluding hydrogens is 143 g/mol. The van der Waals surface area contributed by atoms with E-state index in [2.05, 4.69) is 0 Å². The predicted octanol–water partition coefficient (Wildman–Crippen LogP) is 0.333. The number of rotatable bonds is 3. The van der Waals surface area contributed by atoms with E-state index in [-0.39, 0.29) is 7.69 Å². The summed E-state index contributed by atoms with van der Waals surface area (Å²) in [6, 6.07) is 7.06. The van der Waals surface area contributed by atoms with Gasteiger partial charge < -0.3 is 14.4 Å². The zero-order chi connectivity index (χ0) is 8.10. The average molecular weight is 152 g/mol. The van der Waals surface area contributed by atoms with Crippen molar-refractivity contribution in [2.45, 2.75) is 0 Å². The smallest absolute Gasteiger partial charge is 0.504 e. The average Bonchev–Trinajstić information content (AvgIpc) is 2.06. The van der Waals surface area contributed by atoms with E-state index in [4.69, 9.17) is 14.4 Å². The third-order valence-corrected chi connectivity index (χ3v) is 1.27. The van der Waals surface area contributed by atoms with Crippen molar-refractivity contribution in [1.82, 2.24) is 0 Å². The molecule has 0 unspecified atom stereocenters. The highest BCUT2D eigenvalue weighted by molar-refractivity contribution is 6.17. The highest BCUT2D eigenvalue weighted by atomic mass is 16.5. The van der Waals surface area contributed by atoms with Crippen LogP contribution < -0.4 is 9.39 Å². The summed E-state index contributed by atoms with van der Waals surface area (Å²) < 4.78 is 9.76. The minimum Gasteiger partial charge on any atom is -0.539 e. The van der Waals surface area contributed by atoms with Crippen molar-refractivity contribution in [2.75, 3.05) is 7.11 Å². The second-order valence-corrected chi connectivity index (χ2v) is 1.95. The first-order chi connectivity index (χ1) is 5.36. The van der Waals surface area contributed by atoms with Crippen LogP contribution >= 0.6 is 0 Å². The van der Waals surface area contributed by atoms with Gasteiger partial charge in [-0.15, -0.1) is 0 Å². The molecule has 0 saturated carbocycles. The lowest BCUT2D eigenvalue weighted by Gasteiger charge is -2.03. The monoisotopic (exact) mass is 152 g/mol. The second kappa shape index (κ2) is 3.88. The van der Waals surface area contributed by atoms with Crippen LogP contribution in [0.1, 0.15) is 0 Å². The van der Waals surface area contributed by atoms with Gasteiger partial charge in [0.25, 0.3) is 0 Å². The van der Waals surface area contributed by atoms with Crippen molar-refractivity contribution in [3.8, 4) is 11.5 Å². The number of methoxy groups -OCH3 is 1. The Bertz CT molecular complexity index is 227. The summed E-state index contributed by atoms with van der Waals surface area (Å²) >= 11 is 0. The van der Waals surface area contributed by atoms with Crippen molar-refractivity contribution < 1.29 is 14.4 Å². The largest absolute Gasteiger partial charge is 0.539 e. The lowest BCUT2D eigenvalue weighted by Crippen LogP contribution is -1.99. The van der Waals surface area contributed by atoms with Gasteiger partial charge in [-0.3, -0.25) is 0 Å². The van der Waals surface area contributed by atoms with Crippen LogP contribution in [0.3, 0.4) is 0 Å². The second-order valence-electron chi connectivity index (χ2n) is 1.95. The fraction of sp³-hybridized carbons (Fsp3) is 0.143. The van der Waals surface area contributed by atoms with Gasteiger partial charge in [0, 0.05) is 6.07 Å². The Balaban J connectivity index is 2.74. The van der Waals surface area contributed by atoms with Crippen molar-refractivity contribution in [3.63, 3.8) is 0 Å². The molecule has 0 fully saturated rings. The molecule has 1 aromatic rings. The fourth-order valence-corrected chi connectivity index (χ4v) is 0.766. The Labute approximate surface area is 65.9 Å². The maximum absolute atomic E-state index is 8.42. The molecule has 0 bridgehead atoms. The van der Waals surface area contributed by atoms with Crippen LogP contribution in [0.25, 0.3) is 0 Å². The highest BCUT2D eigenvalue weighted by Gasteiger charge is 1.94. The molecule has 0 spiro atoms. The molecule has 4 heteroatoms.